The standard InChI is InChI=1S/C13H15Cl2N3O3/c1-21-13(20)18-5-3-2-4-12(18)17-16-10-7-11(19)9(15)6-8(10)14/h6-7,16,19H,2-5H2,1H3. The molecule has 1 aromatic carbocycles. The molecule has 6 nitrogen and oxygen atoms in total. The van der Waals surface area contributed by atoms with Crippen LogP contribution in [-0.4, -0.2) is 35.6 Å². The van der Waals surface area contributed by atoms with Crippen molar-refractivity contribution in [2.24, 2.45) is 5.10 Å². The van der Waals surface area contributed by atoms with Gasteiger partial charge in [-0.05, 0) is 18.9 Å². The minimum atomic E-state index is -0.444. The minimum absolute atomic E-state index is 0.0998. The van der Waals surface area contributed by atoms with Crippen LogP contribution < -0.4 is 5.43 Å². The zero-order chi connectivity index (χ0) is 15.4. The molecule has 1 aliphatic heterocycles. The summed E-state index contributed by atoms with van der Waals surface area (Å²) in [5.74, 6) is 0.468. The number of hydrogen-bond donors (Lipinski definition) is 2. The summed E-state index contributed by atoms with van der Waals surface area (Å²) in [6, 6.07) is 2.79. The van der Waals surface area contributed by atoms with E-state index in [1.54, 1.807) is 0 Å². The number of amidine groups is 1. The van der Waals surface area contributed by atoms with Gasteiger partial charge in [0.15, 0.2) is 0 Å². The van der Waals surface area contributed by atoms with Crippen molar-refractivity contribution in [1.82, 2.24) is 4.90 Å². The molecule has 1 fully saturated rings. The van der Waals surface area contributed by atoms with Crippen molar-refractivity contribution >= 4 is 40.8 Å². The number of carbonyl (C=O) groups excluding carboxylic acids is 1. The Balaban J connectivity index is 2.18. The molecule has 1 saturated heterocycles. The number of phenolic OH excluding ortho intramolecular Hbond substituents is 1. The molecule has 1 heterocycles. The maximum Gasteiger partial charge on any atom is 0.414 e. The number of piperidine rings is 1. The van der Waals surface area contributed by atoms with Gasteiger partial charge in [-0.1, -0.05) is 23.2 Å². The number of nitrogens with zero attached hydrogens (tertiary/aromatic N) is 2. The lowest BCUT2D eigenvalue weighted by molar-refractivity contribution is 0.142. The Bertz CT molecular complexity index is 578. The summed E-state index contributed by atoms with van der Waals surface area (Å²) in [5.41, 5.74) is 3.15. The van der Waals surface area contributed by atoms with Crippen LogP contribution in [0.1, 0.15) is 19.3 Å². The van der Waals surface area contributed by atoms with Crippen LogP contribution in [0, 0.1) is 0 Å². The molecule has 0 unspecified atom stereocenters. The van der Waals surface area contributed by atoms with Gasteiger partial charge >= 0.3 is 6.09 Å². The normalized spacial score (nSPS) is 16.9. The Morgan fingerprint density at radius 3 is 2.86 bits per heavy atom. The van der Waals surface area contributed by atoms with Gasteiger partial charge < -0.3 is 9.84 Å². The molecule has 1 aromatic rings. The SMILES string of the molecule is COC(=O)N1CCCCC1=NNc1cc(O)c(Cl)cc1Cl. The summed E-state index contributed by atoms with van der Waals surface area (Å²) in [6.45, 7) is 0.562. The van der Waals surface area contributed by atoms with Crippen LogP contribution in [0.4, 0.5) is 10.5 Å². The van der Waals surface area contributed by atoms with E-state index < -0.39 is 6.09 Å². The van der Waals surface area contributed by atoms with Gasteiger partial charge in [0.05, 0.1) is 22.8 Å². The van der Waals surface area contributed by atoms with E-state index in [9.17, 15) is 9.90 Å². The average Bonchev–Trinajstić information content (AvgIpc) is 2.49. The Kier molecular flexibility index (Phi) is 5.14. The molecular formula is C13H15Cl2N3O3. The van der Waals surface area contributed by atoms with Crippen LogP contribution in [0.3, 0.4) is 0 Å². The highest BCUT2D eigenvalue weighted by Crippen LogP contribution is 2.33. The lowest BCUT2D eigenvalue weighted by Gasteiger charge is -2.26. The quantitative estimate of drug-likeness (QED) is 0.810. The van der Waals surface area contributed by atoms with E-state index in [-0.39, 0.29) is 10.8 Å². The number of ether oxygens (including phenoxy) is 1. The molecule has 114 valence electrons. The van der Waals surface area contributed by atoms with E-state index in [4.69, 9.17) is 27.9 Å². The number of methoxy groups -OCH3 is 1. The number of carbonyl (C=O) groups is 1. The Hall–Kier alpha value is -1.66. The Labute approximate surface area is 132 Å². The monoisotopic (exact) mass is 331 g/mol. The highest BCUT2D eigenvalue weighted by molar-refractivity contribution is 6.37. The van der Waals surface area contributed by atoms with E-state index >= 15 is 0 Å². The fourth-order valence-electron chi connectivity index (χ4n) is 1.99. The predicted molar refractivity (Wildman–Crippen MR) is 82.1 cm³/mol. The van der Waals surface area contributed by atoms with Crippen LogP contribution in [0.25, 0.3) is 0 Å². The average molecular weight is 332 g/mol. The van der Waals surface area contributed by atoms with Crippen molar-refractivity contribution < 1.29 is 14.6 Å². The number of amides is 1. The van der Waals surface area contributed by atoms with Gasteiger partial charge in [0, 0.05) is 19.0 Å². The Morgan fingerprint density at radius 1 is 1.38 bits per heavy atom. The van der Waals surface area contributed by atoms with Gasteiger partial charge in [-0.2, -0.15) is 5.10 Å². The van der Waals surface area contributed by atoms with Gasteiger partial charge in [-0.3, -0.25) is 10.3 Å². The van der Waals surface area contributed by atoms with Crippen molar-refractivity contribution in [2.45, 2.75) is 19.3 Å². The molecule has 1 aliphatic rings. The van der Waals surface area contributed by atoms with Crippen molar-refractivity contribution in [1.29, 1.82) is 0 Å². The molecular weight excluding hydrogens is 317 g/mol. The van der Waals surface area contributed by atoms with Crippen molar-refractivity contribution in [2.75, 3.05) is 19.1 Å². The van der Waals surface area contributed by atoms with Crippen LogP contribution in [0.15, 0.2) is 17.2 Å². The minimum Gasteiger partial charge on any atom is -0.506 e. The summed E-state index contributed by atoms with van der Waals surface area (Å²) in [7, 11) is 1.33. The van der Waals surface area contributed by atoms with Crippen LogP contribution >= 0.6 is 23.2 Å². The first-order valence-corrected chi connectivity index (χ1v) is 7.14. The van der Waals surface area contributed by atoms with Crippen molar-refractivity contribution in [3.63, 3.8) is 0 Å². The molecule has 2 rings (SSSR count). The molecule has 0 spiro atoms. The number of nitrogens with one attached hydrogen (secondary N) is 1. The molecule has 0 aromatic heterocycles. The first-order valence-electron chi connectivity index (χ1n) is 6.39. The third kappa shape index (κ3) is 3.71. The molecule has 1 amide bonds. The van der Waals surface area contributed by atoms with Gasteiger partial charge in [-0.25, -0.2) is 4.79 Å². The Morgan fingerprint density at radius 2 is 2.14 bits per heavy atom. The van der Waals surface area contributed by atoms with Crippen LogP contribution in [0.5, 0.6) is 5.75 Å². The molecule has 0 atom stereocenters. The topological polar surface area (TPSA) is 74.2 Å². The smallest absolute Gasteiger partial charge is 0.414 e. The van der Waals surface area contributed by atoms with Crippen molar-refractivity contribution in [3.05, 3.63) is 22.2 Å². The predicted octanol–water partition coefficient (Wildman–Crippen LogP) is 3.68. The van der Waals surface area contributed by atoms with Gasteiger partial charge in [-0.15, -0.1) is 0 Å². The van der Waals surface area contributed by atoms with E-state index in [0.717, 1.165) is 12.8 Å². The maximum atomic E-state index is 11.7. The number of rotatable bonds is 2. The summed E-state index contributed by atoms with van der Waals surface area (Å²) in [4.78, 5) is 13.1. The molecule has 8 heteroatoms. The van der Waals surface area contributed by atoms with E-state index in [2.05, 4.69) is 10.5 Å². The van der Waals surface area contributed by atoms with E-state index in [1.165, 1.54) is 24.1 Å². The van der Waals surface area contributed by atoms with Gasteiger partial charge in [0.25, 0.3) is 0 Å². The molecule has 0 aliphatic carbocycles. The molecule has 21 heavy (non-hydrogen) atoms. The fraction of sp³-hybridized carbons (Fsp3) is 0.385. The fourth-order valence-corrected chi connectivity index (χ4v) is 2.41. The second kappa shape index (κ2) is 6.87. The zero-order valence-electron chi connectivity index (χ0n) is 11.4. The maximum absolute atomic E-state index is 11.7. The van der Waals surface area contributed by atoms with E-state index in [1.807, 2.05) is 0 Å². The van der Waals surface area contributed by atoms with Gasteiger partial charge in [0.1, 0.15) is 11.6 Å². The highest BCUT2D eigenvalue weighted by atomic mass is 35.5. The number of phenols is 1. The highest BCUT2D eigenvalue weighted by Gasteiger charge is 2.23. The van der Waals surface area contributed by atoms with Crippen LogP contribution in [0.2, 0.25) is 10.0 Å². The second-order valence-electron chi connectivity index (χ2n) is 4.50. The summed E-state index contributed by atoms with van der Waals surface area (Å²) in [5, 5.41) is 14.2. The summed E-state index contributed by atoms with van der Waals surface area (Å²) >= 11 is 11.8. The number of hydrazone groups is 1. The molecule has 0 bridgehead atoms. The number of likely N-dealkylation sites (tertiary alicyclic amines) is 1. The molecule has 0 saturated carbocycles. The lowest BCUT2D eigenvalue weighted by atomic mass is 10.1. The molecule has 2 N–H and O–H groups in total. The lowest BCUT2D eigenvalue weighted by Crippen LogP contribution is -2.40. The summed E-state index contributed by atoms with van der Waals surface area (Å²) < 4.78 is 4.73. The second-order valence-corrected chi connectivity index (χ2v) is 5.32. The number of anilines is 1. The van der Waals surface area contributed by atoms with Gasteiger partial charge in [0.2, 0.25) is 0 Å². The number of halogens is 2. The zero-order valence-corrected chi connectivity index (χ0v) is 12.9. The van der Waals surface area contributed by atoms with Crippen molar-refractivity contribution in [3.8, 4) is 5.75 Å². The number of aromatic hydroxyl groups is 1. The first kappa shape index (κ1) is 15.7. The third-order valence-corrected chi connectivity index (χ3v) is 3.70. The van der Waals surface area contributed by atoms with Crippen LogP contribution in [-0.2, 0) is 4.74 Å². The summed E-state index contributed by atoms with van der Waals surface area (Å²) in [6.07, 6.45) is 2.05. The van der Waals surface area contributed by atoms with E-state index in [0.29, 0.717) is 29.5 Å². The number of benzene rings is 1. The third-order valence-electron chi connectivity index (χ3n) is 3.08. The first-order chi connectivity index (χ1) is 10.0. The largest absolute Gasteiger partial charge is 0.506 e. The molecule has 0 radical (unpaired) electrons. The number of hydrogen-bond acceptors (Lipinski definition) is 5.